The number of nitrogens with zero attached hydrogens (tertiary/aromatic N) is 1. The fourth-order valence-electron chi connectivity index (χ4n) is 0.561. The van der Waals surface area contributed by atoms with Gasteiger partial charge >= 0.3 is 0 Å². The molecule has 0 unspecified atom stereocenters. The number of hydrogen-bond acceptors (Lipinski definition) is 5. The van der Waals surface area contributed by atoms with Crippen LogP contribution in [-0.4, -0.2) is 4.73 Å². The summed E-state index contributed by atoms with van der Waals surface area (Å²) in [5.41, 5.74) is -0.732. The molecule has 66 valence electrons. The van der Waals surface area contributed by atoms with Crippen LogP contribution in [-0.2, 0) is 0 Å². The van der Waals surface area contributed by atoms with Gasteiger partial charge in [0.1, 0.15) is 0 Å². The number of halogens is 1. The van der Waals surface area contributed by atoms with Gasteiger partial charge in [-0.2, -0.15) is 14.0 Å². The predicted octanol–water partition coefficient (Wildman–Crippen LogP) is -3.83. The SMILES string of the molecule is O=c1ccccn1O[Cl+3]([O-])([O-])[O-]. The molecule has 0 atom stereocenters. The minimum Gasteiger partial charge on any atom is -0.266 e. The molecule has 0 N–H and O–H groups in total. The molecular formula is C5H4ClNO5. The second-order valence-corrected chi connectivity index (χ2v) is 2.71. The second-order valence-electron chi connectivity index (χ2n) is 1.81. The molecule has 7 heteroatoms. The van der Waals surface area contributed by atoms with E-state index in [9.17, 15) is 18.8 Å². The first-order chi connectivity index (χ1) is 5.49. The van der Waals surface area contributed by atoms with Gasteiger partial charge in [-0.05, 0) is 10.8 Å². The Morgan fingerprint density at radius 1 is 1.33 bits per heavy atom. The van der Waals surface area contributed by atoms with E-state index in [1.807, 2.05) is 0 Å². The Hall–Kier alpha value is -1.08. The monoisotopic (exact) mass is 193 g/mol. The Balaban J connectivity index is 2.91. The van der Waals surface area contributed by atoms with E-state index in [2.05, 4.69) is 4.39 Å². The van der Waals surface area contributed by atoms with Crippen LogP contribution in [0.4, 0.5) is 0 Å². The highest BCUT2D eigenvalue weighted by atomic mass is 35.7. The van der Waals surface area contributed by atoms with Crippen LogP contribution in [0.5, 0.6) is 0 Å². The molecule has 0 aliphatic heterocycles. The van der Waals surface area contributed by atoms with Gasteiger partial charge in [-0.1, -0.05) is 6.07 Å². The van der Waals surface area contributed by atoms with Gasteiger partial charge in [-0.3, -0.25) is 4.79 Å². The van der Waals surface area contributed by atoms with E-state index in [1.54, 1.807) is 0 Å². The summed E-state index contributed by atoms with van der Waals surface area (Å²) in [4.78, 5) is 10.7. The number of hydrogen-bond donors (Lipinski definition) is 0. The van der Waals surface area contributed by atoms with Gasteiger partial charge in [0, 0.05) is 6.07 Å². The summed E-state index contributed by atoms with van der Waals surface area (Å²) in [5.74, 6) is 0. The molecule has 0 spiro atoms. The van der Waals surface area contributed by atoms with Gasteiger partial charge in [0.25, 0.3) is 5.56 Å². The highest BCUT2D eigenvalue weighted by Gasteiger charge is 2.19. The van der Waals surface area contributed by atoms with Gasteiger partial charge in [0.2, 0.25) is 0 Å². The van der Waals surface area contributed by atoms with Crippen LogP contribution in [0.1, 0.15) is 0 Å². The number of pyridine rings is 1. The molecule has 0 amide bonds. The standard InChI is InChI=1S/C5H4ClNO5/c8-5-3-1-2-4-7(5)12-6(9,10)11/h1-4H. The van der Waals surface area contributed by atoms with Crippen LogP contribution in [0.25, 0.3) is 0 Å². The molecule has 1 aromatic heterocycles. The van der Waals surface area contributed by atoms with Crippen molar-refractivity contribution in [3.05, 3.63) is 34.7 Å². The Morgan fingerprint density at radius 3 is 2.50 bits per heavy atom. The third-order valence-corrected chi connectivity index (χ3v) is 1.27. The molecule has 0 aliphatic carbocycles. The van der Waals surface area contributed by atoms with Crippen LogP contribution in [0.2, 0.25) is 0 Å². The zero-order valence-electron chi connectivity index (χ0n) is 5.68. The van der Waals surface area contributed by atoms with Crippen LogP contribution in [0, 0.1) is 10.2 Å². The van der Waals surface area contributed by atoms with Gasteiger partial charge in [-0.15, -0.1) is 0 Å². The summed E-state index contributed by atoms with van der Waals surface area (Å²) in [5, 5.41) is 0. The fourth-order valence-corrected chi connectivity index (χ4v) is 0.857. The van der Waals surface area contributed by atoms with Gasteiger partial charge in [-0.25, -0.2) is 0 Å². The van der Waals surface area contributed by atoms with Crippen molar-refractivity contribution in [3.8, 4) is 0 Å². The largest absolute Gasteiger partial charge is 0.297 e. The number of rotatable bonds is 2. The van der Waals surface area contributed by atoms with Crippen molar-refractivity contribution in [2.45, 2.75) is 0 Å². The van der Waals surface area contributed by atoms with Crippen LogP contribution in [0.3, 0.4) is 0 Å². The molecule has 0 aliphatic rings. The van der Waals surface area contributed by atoms with Gasteiger partial charge in [0.15, 0.2) is 10.2 Å². The lowest BCUT2D eigenvalue weighted by Crippen LogP contribution is -2.66. The maximum absolute atomic E-state index is 10.7. The third kappa shape index (κ3) is 2.51. The van der Waals surface area contributed by atoms with Crippen molar-refractivity contribution >= 4 is 0 Å². The normalized spacial score (nSPS) is 11.2. The first-order valence-electron chi connectivity index (χ1n) is 2.77. The minimum absolute atomic E-state index is 0.323. The molecule has 12 heavy (non-hydrogen) atoms. The quantitative estimate of drug-likeness (QED) is 0.479. The predicted molar refractivity (Wildman–Crippen MR) is 27.3 cm³/mol. The molecule has 0 aromatic carbocycles. The van der Waals surface area contributed by atoms with Gasteiger partial charge in [0.05, 0.1) is 10.6 Å². The lowest BCUT2D eigenvalue weighted by molar-refractivity contribution is -1.92. The van der Waals surface area contributed by atoms with Crippen molar-refractivity contribution in [1.82, 2.24) is 4.73 Å². The van der Waals surface area contributed by atoms with E-state index in [0.717, 1.165) is 12.3 Å². The molecule has 6 nitrogen and oxygen atoms in total. The highest BCUT2D eigenvalue weighted by Crippen LogP contribution is 1.83. The van der Waals surface area contributed by atoms with Crippen molar-refractivity contribution in [1.29, 1.82) is 0 Å². The molecule has 0 fully saturated rings. The smallest absolute Gasteiger partial charge is 0.266 e. The summed E-state index contributed by atoms with van der Waals surface area (Å²) in [6.45, 7) is 0. The zero-order valence-corrected chi connectivity index (χ0v) is 6.43. The van der Waals surface area contributed by atoms with Crippen LogP contribution in [0.15, 0.2) is 29.2 Å². The second kappa shape index (κ2) is 3.11. The first-order valence-corrected chi connectivity index (χ1v) is 4.01. The number of aromatic nitrogens is 1. The molecule has 0 saturated carbocycles. The third-order valence-electron chi connectivity index (χ3n) is 0.947. The molecule has 1 heterocycles. The molecule has 0 bridgehead atoms. The van der Waals surface area contributed by atoms with E-state index < -0.39 is 15.8 Å². The molecule has 0 radical (unpaired) electrons. The van der Waals surface area contributed by atoms with Crippen molar-refractivity contribution < 1.29 is 28.6 Å². The Labute approximate surface area is 68.9 Å². The molecule has 1 rings (SSSR count). The van der Waals surface area contributed by atoms with Crippen molar-refractivity contribution in [3.63, 3.8) is 0 Å². The van der Waals surface area contributed by atoms with E-state index in [4.69, 9.17) is 0 Å². The Bertz CT molecular complexity index is 316. The maximum atomic E-state index is 10.7. The maximum Gasteiger partial charge on any atom is 0.297 e. The van der Waals surface area contributed by atoms with E-state index in [1.165, 1.54) is 12.1 Å². The van der Waals surface area contributed by atoms with E-state index >= 15 is 0 Å². The molecule has 0 saturated heterocycles. The Kier molecular flexibility index (Phi) is 2.34. The summed E-state index contributed by atoms with van der Waals surface area (Å²) >= 11 is 0. The van der Waals surface area contributed by atoms with E-state index in [-0.39, 0.29) is 0 Å². The Morgan fingerprint density at radius 2 is 2.00 bits per heavy atom. The lowest BCUT2D eigenvalue weighted by Gasteiger charge is -2.10. The van der Waals surface area contributed by atoms with Gasteiger partial charge < -0.3 is 0 Å². The highest BCUT2D eigenvalue weighted by molar-refractivity contribution is 4.91. The van der Waals surface area contributed by atoms with Crippen LogP contribution < -0.4 is 23.9 Å². The fraction of sp³-hybridized carbons (Fsp3) is 0. The molecule has 1 aromatic rings. The van der Waals surface area contributed by atoms with Crippen molar-refractivity contribution in [2.75, 3.05) is 0 Å². The topological polar surface area (TPSA) is 100 Å². The van der Waals surface area contributed by atoms with Crippen LogP contribution >= 0.6 is 0 Å². The van der Waals surface area contributed by atoms with Crippen molar-refractivity contribution in [2.24, 2.45) is 0 Å². The average Bonchev–Trinajstić information content (AvgIpc) is 1.91. The summed E-state index contributed by atoms with van der Waals surface area (Å²) in [6, 6.07) is 3.79. The minimum atomic E-state index is -4.62. The summed E-state index contributed by atoms with van der Waals surface area (Å²) in [6.07, 6.45) is 1.02. The average molecular weight is 194 g/mol. The molecular weight excluding hydrogens is 190 g/mol. The first kappa shape index (κ1) is 9.01. The van der Waals surface area contributed by atoms with E-state index in [0.29, 0.717) is 4.73 Å². The summed E-state index contributed by atoms with van der Waals surface area (Å²) in [7, 11) is -4.62. The summed E-state index contributed by atoms with van der Waals surface area (Å²) < 4.78 is 34.0. The zero-order chi connectivity index (χ0) is 9.19. The lowest BCUT2D eigenvalue weighted by atomic mass is 10.5.